The van der Waals surface area contributed by atoms with Crippen LogP contribution in [0.1, 0.15) is 82.3 Å². The number of nitrogens with one attached hydrogen (secondary N) is 9. The van der Waals surface area contributed by atoms with Gasteiger partial charge in [0.15, 0.2) is 17.5 Å². The summed E-state index contributed by atoms with van der Waals surface area (Å²) in [5.74, 6) is -2.81. The quantitative estimate of drug-likeness (QED) is 0.0389. The zero-order valence-corrected chi connectivity index (χ0v) is 47.4. The molecule has 29 heteroatoms. The second kappa shape index (κ2) is 25.4. The summed E-state index contributed by atoms with van der Waals surface area (Å²) in [5, 5.41) is 28.7. The maximum atomic E-state index is 13.5. The van der Waals surface area contributed by atoms with Crippen LogP contribution in [0, 0.1) is 0 Å². The molecule has 8 heterocycles. The summed E-state index contributed by atoms with van der Waals surface area (Å²) >= 11 is 0. The smallest absolute Gasteiger partial charge is 0.291 e. The van der Waals surface area contributed by atoms with Crippen molar-refractivity contribution in [2.45, 2.75) is 25.3 Å². The monoisotopic (exact) mass is 1140 g/mol. The number of nitrogens with two attached hydrogens (primary N) is 1. The van der Waals surface area contributed by atoms with Crippen LogP contribution < -0.4 is 48.3 Å². The third kappa shape index (κ3) is 14.4. The van der Waals surface area contributed by atoms with Gasteiger partial charge in [0.2, 0.25) is 11.8 Å². The van der Waals surface area contributed by atoms with Crippen molar-refractivity contribution in [2.75, 3.05) is 66.9 Å². The Bertz CT molecular complexity index is 3730. The lowest BCUT2D eigenvalue weighted by molar-refractivity contribution is -0.121. The molecule has 436 valence electrons. The van der Waals surface area contributed by atoms with Gasteiger partial charge in [-0.15, -0.1) is 0 Å². The highest BCUT2D eigenvalue weighted by molar-refractivity contribution is 6.08. The second-order valence-corrected chi connectivity index (χ2v) is 20.2. The van der Waals surface area contributed by atoms with Crippen LogP contribution >= 0.6 is 0 Å². The minimum absolute atomic E-state index is 0.0488. The molecule has 0 spiro atoms. The Balaban J connectivity index is 0.785. The van der Waals surface area contributed by atoms with Crippen molar-refractivity contribution in [3.63, 3.8) is 0 Å². The Hall–Kier alpha value is -10.3. The third-order valence-electron chi connectivity index (χ3n) is 13.3. The van der Waals surface area contributed by atoms with E-state index in [0.29, 0.717) is 63.5 Å². The number of H-pyrrole nitrogens is 1. The van der Waals surface area contributed by atoms with Gasteiger partial charge in [0.1, 0.15) is 34.2 Å². The number of aromatic amines is 1. The lowest BCUT2D eigenvalue weighted by Crippen LogP contribution is -2.39. The summed E-state index contributed by atoms with van der Waals surface area (Å²) in [6.45, 7) is 1.61. The Morgan fingerprint density at radius 3 is 1.75 bits per heavy atom. The number of hydrogen-bond donors (Lipinski definition) is 10. The van der Waals surface area contributed by atoms with Gasteiger partial charge in [-0.05, 0) is 69.9 Å². The van der Waals surface area contributed by atoms with Gasteiger partial charge in [-0.3, -0.25) is 43.5 Å². The van der Waals surface area contributed by atoms with Gasteiger partial charge in [-0.2, -0.15) is 5.10 Å². The van der Waals surface area contributed by atoms with Crippen LogP contribution in [0.3, 0.4) is 0 Å². The summed E-state index contributed by atoms with van der Waals surface area (Å²) < 4.78 is 11.3. The van der Waals surface area contributed by atoms with Crippen molar-refractivity contribution in [1.29, 1.82) is 0 Å². The minimum atomic E-state index is -1.02. The third-order valence-corrected chi connectivity index (χ3v) is 13.3. The number of anilines is 5. The molecule has 1 atom stereocenters. The number of carbonyl (C=O) groups excluding carboxylic acids is 8. The second-order valence-electron chi connectivity index (χ2n) is 20.2. The molecule has 11 N–H and O–H groups in total. The molecule has 0 aliphatic rings. The first kappa shape index (κ1) is 58.8. The molecule has 8 aromatic heterocycles. The zero-order chi connectivity index (χ0) is 59.8. The first-order valence-corrected chi connectivity index (χ1v) is 26.2. The lowest BCUT2D eigenvalue weighted by Gasteiger charge is -2.12. The van der Waals surface area contributed by atoms with Gasteiger partial charge in [0.05, 0.1) is 34.5 Å². The number of nitrogens with zero attached hydrogens (tertiary/aromatic N) is 11. The van der Waals surface area contributed by atoms with Crippen molar-refractivity contribution in [1.82, 2.24) is 73.0 Å². The van der Waals surface area contributed by atoms with Gasteiger partial charge >= 0.3 is 0 Å². The van der Waals surface area contributed by atoms with E-state index in [2.05, 4.69) is 62.7 Å². The molecule has 8 rings (SSSR count). The highest BCUT2D eigenvalue weighted by Crippen LogP contribution is 2.28. The Labute approximate surface area is 476 Å². The van der Waals surface area contributed by atoms with Crippen LogP contribution in [-0.4, -0.2) is 151 Å². The maximum absolute atomic E-state index is 13.5. The molecule has 83 heavy (non-hydrogen) atoms. The first-order valence-electron chi connectivity index (χ1n) is 26.2. The Morgan fingerprint density at radius 1 is 0.554 bits per heavy atom. The zero-order valence-electron chi connectivity index (χ0n) is 47.4. The molecule has 0 unspecified atom stereocenters. The van der Waals surface area contributed by atoms with E-state index in [1.165, 1.54) is 33.5 Å². The number of imidazole rings is 2. The summed E-state index contributed by atoms with van der Waals surface area (Å²) in [6.07, 6.45) is 14.0. The Morgan fingerprint density at radius 2 is 1.11 bits per heavy atom. The first-order chi connectivity index (χ1) is 39.5. The number of aryl methyl sites for hydroxylation is 7. The van der Waals surface area contributed by atoms with Crippen LogP contribution in [0.2, 0.25) is 0 Å². The standard InChI is InChI=1S/C54H67N21O8/c1-68(2)18-10-14-56-45(76)13-16-58-51(80)41-21-35(28-71(41)5)63-54(83)47-64-38(29-74(47)8)46-65-44(30-75(46)9)66-53(82)43-22-33(26-73(43)7)60-48(77)36(55)11-15-57-50(79)40-19-31(24-69(40)3)39-20-32(25-70(39)4)62-52(81)42-23-34(27-72(42)6)61-49(78)37-12-17-59-67-37/h12,17,19-30,36H,10-11,13-16,18,55H2,1-9H3,(H,56,76)(H,57,79)(H,58,80)(H,59,67)(H,60,77)(H,61,78)(H,62,81)(H,63,83)(H,66,82)/t36-/m1/s1. The maximum Gasteiger partial charge on any atom is 0.291 e. The predicted octanol–water partition coefficient (Wildman–Crippen LogP) is 2.19. The topological polar surface area (TPSA) is 351 Å². The van der Waals surface area contributed by atoms with E-state index in [1.54, 1.807) is 122 Å². The molecular weight excluding hydrogens is 1070 g/mol. The largest absolute Gasteiger partial charge is 0.356 e. The van der Waals surface area contributed by atoms with Gasteiger partial charge < -0.3 is 85.1 Å². The van der Waals surface area contributed by atoms with Crippen molar-refractivity contribution < 1.29 is 38.4 Å². The van der Waals surface area contributed by atoms with Gasteiger partial charge in [-0.25, -0.2) is 9.97 Å². The highest BCUT2D eigenvalue weighted by atomic mass is 16.2. The van der Waals surface area contributed by atoms with E-state index in [9.17, 15) is 38.4 Å². The van der Waals surface area contributed by atoms with Gasteiger partial charge in [0.25, 0.3) is 35.4 Å². The van der Waals surface area contributed by atoms with E-state index in [0.717, 1.165) is 13.0 Å². The summed E-state index contributed by atoms with van der Waals surface area (Å²) in [4.78, 5) is 116. The number of amides is 8. The molecule has 0 radical (unpaired) electrons. The number of rotatable bonds is 24. The van der Waals surface area contributed by atoms with Crippen LogP contribution in [0.5, 0.6) is 0 Å². The molecule has 0 fully saturated rings. The molecular formula is C54H67N21O8. The molecule has 8 amide bonds. The highest BCUT2D eigenvalue weighted by Gasteiger charge is 2.24. The van der Waals surface area contributed by atoms with E-state index in [1.807, 2.05) is 30.6 Å². The van der Waals surface area contributed by atoms with E-state index < -0.39 is 47.4 Å². The predicted molar refractivity (Wildman–Crippen MR) is 309 cm³/mol. The number of carbonyl (C=O) groups is 8. The molecule has 0 aliphatic carbocycles. The fourth-order valence-corrected chi connectivity index (χ4v) is 9.01. The van der Waals surface area contributed by atoms with Gasteiger partial charge in [-0.1, -0.05) is 0 Å². The van der Waals surface area contributed by atoms with Crippen LogP contribution in [0.25, 0.3) is 22.8 Å². The summed E-state index contributed by atoms with van der Waals surface area (Å²) in [7, 11) is 15.8. The Kier molecular flexibility index (Phi) is 18.0. The molecule has 0 aliphatic heterocycles. The number of hydrogen-bond acceptors (Lipinski definition) is 13. The molecule has 29 nitrogen and oxygen atoms in total. The van der Waals surface area contributed by atoms with E-state index in [-0.39, 0.29) is 60.6 Å². The number of aromatic nitrogens is 11. The molecule has 0 aromatic carbocycles. The van der Waals surface area contributed by atoms with Crippen molar-refractivity contribution in [3.05, 3.63) is 120 Å². The molecule has 0 saturated carbocycles. The van der Waals surface area contributed by atoms with E-state index in [4.69, 9.17) is 5.73 Å². The fraction of sp³-hybridized carbons (Fsp3) is 0.315. The SMILES string of the molecule is CN(C)CCCNC(=O)CCNC(=O)c1cc(NC(=O)c2nc(-c3nc(NC(=O)c4cc(NC(=O)[C@H](N)CCNC(=O)c5cc(-c6cc(NC(=O)c7cc(NC(=O)c8ccn[nH]8)cn7C)cn6C)cn5C)cn4C)cn3C)cn2C)cn1C. The van der Waals surface area contributed by atoms with Gasteiger partial charge in [0, 0.05) is 131 Å². The fourth-order valence-electron chi connectivity index (χ4n) is 9.01. The molecule has 8 aromatic rings. The van der Waals surface area contributed by atoms with Crippen molar-refractivity contribution in [2.24, 2.45) is 55.1 Å². The lowest BCUT2D eigenvalue weighted by atomic mass is 10.2. The summed E-state index contributed by atoms with van der Waals surface area (Å²) in [5.41, 5.74) is 11.0. The van der Waals surface area contributed by atoms with Crippen LogP contribution in [-0.2, 0) is 58.9 Å². The van der Waals surface area contributed by atoms with Crippen molar-refractivity contribution >= 4 is 75.8 Å². The van der Waals surface area contributed by atoms with Crippen molar-refractivity contribution in [3.8, 4) is 22.8 Å². The normalized spacial score (nSPS) is 11.6. The van der Waals surface area contributed by atoms with Crippen LogP contribution in [0.15, 0.2) is 86.0 Å². The van der Waals surface area contributed by atoms with Crippen LogP contribution in [0.4, 0.5) is 28.6 Å². The summed E-state index contributed by atoms with van der Waals surface area (Å²) in [6, 6.07) is 8.56. The molecule has 0 saturated heterocycles. The average Bonchev–Trinajstić information content (AvgIpc) is 4.06. The minimum Gasteiger partial charge on any atom is -0.356 e. The average molecular weight is 1140 g/mol. The molecule has 0 bridgehead atoms. The van der Waals surface area contributed by atoms with E-state index >= 15 is 0 Å².